The van der Waals surface area contributed by atoms with Crippen molar-refractivity contribution in [2.45, 2.75) is 51.6 Å². The summed E-state index contributed by atoms with van der Waals surface area (Å²) in [4.78, 5) is 2.33. The van der Waals surface area contributed by atoms with E-state index in [1.165, 1.54) is 24.8 Å². The van der Waals surface area contributed by atoms with E-state index in [9.17, 15) is 5.11 Å². The summed E-state index contributed by atoms with van der Waals surface area (Å²) in [6, 6.07) is 8.20. The highest BCUT2D eigenvalue weighted by molar-refractivity contribution is 5.31. The average molecular weight is 327 g/mol. The summed E-state index contributed by atoms with van der Waals surface area (Å²) in [5.74, 6) is 0.834. The van der Waals surface area contributed by atoms with E-state index in [1.54, 1.807) is 0 Å². The van der Waals surface area contributed by atoms with Gasteiger partial charge in [-0.25, -0.2) is 0 Å². The average Bonchev–Trinajstić information content (AvgIpc) is 2.46. The molecule has 0 bridgehead atoms. The molecule has 0 aromatic heterocycles. The third kappa shape index (κ3) is 6.15. The topological polar surface area (TPSA) is 32.7 Å². The number of hydrogen-bond acceptors (Lipinski definition) is 3. The van der Waals surface area contributed by atoms with E-state index >= 15 is 0 Å². The fourth-order valence-electron chi connectivity index (χ4n) is 2.74. The highest BCUT2D eigenvalue weighted by Gasteiger charge is 2.16. The molecule has 0 spiro atoms. The number of aliphatic hydroxyl groups is 1. The van der Waals surface area contributed by atoms with Crippen molar-refractivity contribution in [1.29, 1.82) is 0 Å². The van der Waals surface area contributed by atoms with Gasteiger partial charge in [-0.15, -0.1) is 0 Å². The molecule has 22 heavy (non-hydrogen) atoms. The summed E-state index contributed by atoms with van der Waals surface area (Å²) in [6.45, 7) is 9.90. The van der Waals surface area contributed by atoms with Crippen molar-refractivity contribution >= 4 is 0 Å². The number of nitrogens with zero attached hydrogens (tertiary/aromatic N) is 1. The Labute approximate surface area is 141 Å². The Kier molecular flexibility index (Phi) is 7.67. The van der Waals surface area contributed by atoms with Gasteiger partial charge in [0, 0.05) is 6.54 Å². The van der Waals surface area contributed by atoms with E-state index in [0.717, 1.165) is 25.4 Å². The first-order valence-corrected chi connectivity index (χ1v) is 8.09. The van der Waals surface area contributed by atoms with Crippen LogP contribution in [0.3, 0.4) is 0 Å². The third-order valence-electron chi connectivity index (χ3n) is 4.08. The molecule has 1 saturated heterocycles. The first kappa shape index (κ1) is 19.3. The molecule has 1 aromatic carbocycles. The molecule has 0 radical (unpaired) electrons. The standard InChI is InChI=1S/C18H29NO2.ClH/c1-18(2,3)15-7-9-17(10-8-15)21-14-16(20)13-19-11-5-4-6-12-19;/h7-10,16,20H,4-6,11-14H2,1-3H3;1H/p-1. The van der Waals surface area contributed by atoms with Crippen molar-refractivity contribution < 1.29 is 22.3 Å². The van der Waals surface area contributed by atoms with E-state index in [-0.39, 0.29) is 17.8 Å². The van der Waals surface area contributed by atoms with Crippen LogP contribution in [0.5, 0.6) is 5.75 Å². The minimum Gasteiger partial charge on any atom is -1.00 e. The second-order valence-corrected chi connectivity index (χ2v) is 7.10. The van der Waals surface area contributed by atoms with Crippen LogP contribution < -0.4 is 17.1 Å². The van der Waals surface area contributed by atoms with Crippen LogP contribution in [0.4, 0.5) is 0 Å². The molecular formula is C18H29ClNO2-. The molecule has 4 heteroatoms. The molecule has 0 saturated carbocycles. The SMILES string of the molecule is CC(C)(C)c1ccc(OCC(O)CN2CCCCC2)cc1.[Cl-]. The molecular weight excluding hydrogens is 298 g/mol. The third-order valence-corrected chi connectivity index (χ3v) is 4.08. The zero-order chi connectivity index (χ0) is 15.3. The lowest BCUT2D eigenvalue weighted by atomic mass is 9.87. The van der Waals surface area contributed by atoms with Crippen molar-refractivity contribution in [3.8, 4) is 5.75 Å². The first-order valence-electron chi connectivity index (χ1n) is 8.09. The van der Waals surface area contributed by atoms with E-state index in [4.69, 9.17) is 4.74 Å². The maximum Gasteiger partial charge on any atom is 0.119 e. The molecule has 1 N–H and O–H groups in total. The number of aliphatic hydroxyl groups excluding tert-OH is 1. The van der Waals surface area contributed by atoms with Crippen LogP contribution in [-0.4, -0.2) is 42.4 Å². The zero-order valence-corrected chi connectivity index (χ0v) is 14.8. The van der Waals surface area contributed by atoms with Gasteiger partial charge in [0.2, 0.25) is 0 Å². The van der Waals surface area contributed by atoms with Gasteiger partial charge in [0.1, 0.15) is 18.5 Å². The molecule has 1 aliphatic heterocycles. The Balaban J connectivity index is 0.00000242. The minimum atomic E-state index is -0.412. The smallest absolute Gasteiger partial charge is 0.119 e. The maximum absolute atomic E-state index is 10.1. The summed E-state index contributed by atoms with van der Waals surface area (Å²) in [7, 11) is 0. The molecule has 1 unspecified atom stereocenters. The highest BCUT2D eigenvalue weighted by atomic mass is 35.5. The normalized spacial score (nSPS) is 17.6. The number of β-amino-alcohol motifs (C(OH)–C–C–N with tert-alkyl or cyclic N) is 1. The number of hydrogen-bond donors (Lipinski definition) is 1. The van der Waals surface area contributed by atoms with E-state index in [1.807, 2.05) is 12.1 Å². The van der Waals surface area contributed by atoms with Crippen LogP contribution in [0.2, 0.25) is 0 Å². The van der Waals surface area contributed by atoms with Gasteiger partial charge in [-0.3, -0.25) is 0 Å². The number of likely N-dealkylation sites (tertiary alicyclic amines) is 1. The summed E-state index contributed by atoms with van der Waals surface area (Å²) in [5, 5.41) is 10.1. The fraction of sp³-hybridized carbons (Fsp3) is 0.667. The lowest BCUT2D eigenvalue weighted by molar-refractivity contribution is -0.00000719. The van der Waals surface area contributed by atoms with Crippen molar-refractivity contribution in [2.24, 2.45) is 0 Å². The lowest BCUT2D eigenvalue weighted by Crippen LogP contribution is -3.00. The van der Waals surface area contributed by atoms with Crippen LogP contribution in [0.25, 0.3) is 0 Å². The van der Waals surface area contributed by atoms with E-state index < -0.39 is 6.10 Å². The molecule has 126 valence electrons. The first-order chi connectivity index (χ1) is 9.95. The summed E-state index contributed by atoms with van der Waals surface area (Å²) >= 11 is 0. The molecule has 1 aromatic rings. The summed E-state index contributed by atoms with van der Waals surface area (Å²) < 4.78 is 5.70. The maximum atomic E-state index is 10.1. The van der Waals surface area contributed by atoms with Crippen LogP contribution >= 0.6 is 0 Å². The molecule has 0 aliphatic carbocycles. The van der Waals surface area contributed by atoms with Crippen LogP contribution in [0.15, 0.2) is 24.3 Å². The van der Waals surface area contributed by atoms with E-state index in [0.29, 0.717) is 6.61 Å². The largest absolute Gasteiger partial charge is 1.00 e. The Bertz CT molecular complexity index is 422. The molecule has 2 rings (SSSR count). The fourth-order valence-corrected chi connectivity index (χ4v) is 2.74. The van der Waals surface area contributed by atoms with Gasteiger partial charge in [0.15, 0.2) is 0 Å². The molecule has 1 fully saturated rings. The lowest BCUT2D eigenvalue weighted by Gasteiger charge is -2.28. The number of benzene rings is 1. The van der Waals surface area contributed by atoms with Gasteiger partial charge < -0.3 is 27.2 Å². The van der Waals surface area contributed by atoms with Crippen molar-refractivity contribution in [1.82, 2.24) is 4.90 Å². The minimum absolute atomic E-state index is 0. The van der Waals surface area contributed by atoms with Gasteiger partial charge in [-0.1, -0.05) is 39.3 Å². The monoisotopic (exact) mass is 326 g/mol. The Morgan fingerprint density at radius 2 is 1.68 bits per heavy atom. The van der Waals surface area contributed by atoms with Gasteiger partial charge in [-0.05, 0) is 49.0 Å². The Morgan fingerprint density at radius 3 is 2.23 bits per heavy atom. The molecule has 3 nitrogen and oxygen atoms in total. The van der Waals surface area contributed by atoms with Gasteiger partial charge in [0.05, 0.1) is 0 Å². The number of piperidine rings is 1. The predicted molar refractivity (Wildman–Crippen MR) is 86.9 cm³/mol. The molecule has 1 atom stereocenters. The zero-order valence-electron chi connectivity index (χ0n) is 14.0. The highest BCUT2D eigenvalue weighted by Crippen LogP contribution is 2.24. The molecule has 0 amide bonds. The summed E-state index contributed by atoms with van der Waals surface area (Å²) in [6.07, 6.45) is 3.41. The number of ether oxygens (including phenoxy) is 1. The Morgan fingerprint density at radius 1 is 1.09 bits per heavy atom. The van der Waals surface area contributed by atoms with Gasteiger partial charge in [0.25, 0.3) is 0 Å². The Hall–Kier alpha value is -0.770. The van der Waals surface area contributed by atoms with Gasteiger partial charge in [-0.2, -0.15) is 0 Å². The van der Waals surface area contributed by atoms with Crippen molar-refractivity contribution in [2.75, 3.05) is 26.2 Å². The predicted octanol–water partition coefficient (Wildman–Crippen LogP) is 0.214. The number of halogens is 1. The summed E-state index contributed by atoms with van der Waals surface area (Å²) in [5.41, 5.74) is 1.45. The number of rotatable bonds is 5. The van der Waals surface area contributed by atoms with Gasteiger partial charge >= 0.3 is 0 Å². The second kappa shape index (κ2) is 8.76. The second-order valence-electron chi connectivity index (χ2n) is 7.10. The quantitative estimate of drug-likeness (QED) is 0.840. The molecule has 1 heterocycles. The van der Waals surface area contributed by atoms with E-state index in [2.05, 4.69) is 37.8 Å². The van der Waals surface area contributed by atoms with Crippen molar-refractivity contribution in [3.63, 3.8) is 0 Å². The molecule has 1 aliphatic rings. The van der Waals surface area contributed by atoms with Crippen molar-refractivity contribution in [3.05, 3.63) is 29.8 Å². The van der Waals surface area contributed by atoms with Crippen LogP contribution in [0.1, 0.15) is 45.6 Å². The van der Waals surface area contributed by atoms with Crippen LogP contribution in [0, 0.1) is 0 Å². The van der Waals surface area contributed by atoms with Crippen LogP contribution in [-0.2, 0) is 5.41 Å².